The van der Waals surface area contributed by atoms with Gasteiger partial charge in [-0.2, -0.15) is 0 Å². The van der Waals surface area contributed by atoms with E-state index in [0.717, 1.165) is 16.5 Å². The average Bonchev–Trinajstić information content (AvgIpc) is 2.70. The first-order valence-corrected chi connectivity index (χ1v) is 5.99. The topological polar surface area (TPSA) is 51.8 Å². The maximum Gasteiger partial charge on any atom is 0.0965 e. The van der Waals surface area contributed by atoms with Crippen LogP contribution in [0.15, 0.2) is 34.2 Å². The van der Waals surface area contributed by atoms with Crippen LogP contribution in [0.4, 0.5) is 5.69 Å². The van der Waals surface area contributed by atoms with Gasteiger partial charge in [-0.25, -0.2) is 9.97 Å². The van der Waals surface area contributed by atoms with Gasteiger partial charge < -0.3 is 5.73 Å². The summed E-state index contributed by atoms with van der Waals surface area (Å²) in [6.07, 6.45) is 1.67. The fourth-order valence-electron chi connectivity index (χ4n) is 0.934. The van der Waals surface area contributed by atoms with Crippen molar-refractivity contribution in [3.05, 3.63) is 34.9 Å². The minimum Gasteiger partial charge on any atom is -0.397 e. The van der Waals surface area contributed by atoms with Crippen LogP contribution in [0.1, 0.15) is 5.69 Å². The number of rotatable bonds is 3. The predicted octanol–water partition coefficient (Wildman–Crippen LogP) is 2.41. The number of thioether (sulfide) groups is 1. The van der Waals surface area contributed by atoms with Gasteiger partial charge in [0, 0.05) is 11.1 Å². The molecule has 0 spiro atoms. The number of hydrogen-bond acceptors (Lipinski definition) is 5. The van der Waals surface area contributed by atoms with E-state index in [1.807, 2.05) is 23.0 Å². The Kier molecular flexibility index (Phi) is 3.00. The van der Waals surface area contributed by atoms with Gasteiger partial charge in [-0.15, -0.1) is 23.1 Å². The third-order valence-electron chi connectivity index (χ3n) is 1.61. The Labute approximate surface area is 90.4 Å². The summed E-state index contributed by atoms with van der Waals surface area (Å²) >= 11 is 3.28. The Balaban J connectivity index is 1.95. The average molecular weight is 223 g/mol. The molecule has 0 saturated heterocycles. The molecular formula is C9H9N3S2. The molecule has 0 bridgehead atoms. The van der Waals surface area contributed by atoms with E-state index in [1.165, 1.54) is 0 Å². The zero-order valence-corrected chi connectivity index (χ0v) is 9.02. The van der Waals surface area contributed by atoms with E-state index in [9.17, 15) is 0 Å². The summed E-state index contributed by atoms with van der Waals surface area (Å²) in [5, 5.41) is 3.02. The van der Waals surface area contributed by atoms with Gasteiger partial charge in [0.25, 0.3) is 0 Å². The molecule has 2 aromatic heterocycles. The number of nitrogens with zero attached hydrogens (tertiary/aromatic N) is 2. The van der Waals surface area contributed by atoms with E-state index in [2.05, 4.69) is 9.97 Å². The SMILES string of the molecule is Nc1ccc(SCc2cscn2)nc1. The number of hydrogen-bond donors (Lipinski definition) is 1. The van der Waals surface area contributed by atoms with Gasteiger partial charge in [0.1, 0.15) is 0 Å². The highest BCUT2D eigenvalue weighted by atomic mass is 32.2. The molecule has 0 aliphatic rings. The van der Waals surface area contributed by atoms with Crippen LogP contribution in [0.2, 0.25) is 0 Å². The second-order valence-corrected chi connectivity index (χ2v) is 4.41. The van der Waals surface area contributed by atoms with Gasteiger partial charge in [0.05, 0.1) is 28.1 Å². The summed E-state index contributed by atoms with van der Waals surface area (Å²) in [7, 11) is 0. The number of anilines is 1. The van der Waals surface area contributed by atoms with Gasteiger partial charge in [0.15, 0.2) is 0 Å². The molecule has 0 aliphatic carbocycles. The molecule has 0 unspecified atom stereocenters. The maximum atomic E-state index is 5.53. The molecule has 0 radical (unpaired) electrons. The van der Waals surface area contributed by atoms with E-state index in [4.69, 9.17) is 5.73 Å². The van der Waals surface area contributed by atoms with Crippen LogP contribution >= 0.6 is 23.1 Å². The molecule has 0 fully saturated rings. The van der Waals surface area contributed by atoms with Crippen molar-refractivity contribution >= 4 is 28.8 Å². The minimum absolute atomic E-state index is 0.697. The summed E-state index contributed by atoms with van der Waals surface area (Å²) in [5.74, 6) is 0.862. The van der Waals surface area contributed by atoms with Gasteiger partial charge >= 0.3 is 0 Å². The van der Waals surface area contributed by atoms with Crippen LogP contribution in [0.3, 0.4) is 0 Å². The maximum absolute atomic E-state index is 5.53. The lowest BCUT2D eigenvalue weighted by molar-refractivity contribution is 1.13. The lowest BCUT2D eigenvalue weighted by Gasteiger charge is -1.98. The number of nitrogen functional groups attached to an aromatic ring is 1. The smallest absolute Gasteiger partial charge is 0.0965 e. The van der Waals surface area contributed by atoms with Gasteiger partial charge in [-0.1, -0.05) is 0 Å². The number of pyridine rings is 1. The summed E-state index contributed by atoms with van der Waals surface area (Å²) in [6.45, 7) is 0. The molecule has 0 aliphatic heterocycles. The number of thiazole rings is 1. The van der Waals surface area contributed by atoms with E-state index in [-0.39, 0.29) is 0 Å². The lowest BCUT2D eigenvalue weighted by atomic mass is 10.4. The highest BCUT2D eigenvalue weighted by Gasteiger charge is 1.98. The molecule has 5 heteroatoms. The van der Waals surface area contributed by atoms with Crippen molar-refractivity contribution in [3.8, 4) is 0 Å². The third-order valence-corrected chi connectivity index (χ3v) is 3.22. The second-order valence-electron chi connectivity index (χ2n) is 2.70. The molecule has 0 aromatic carbocycles. The normalized spacial score (nSPS) is 10.3. The Bertz CT molecular complexity index is 383. The Morgan fingerprint density at radius 1 is 1.36 bits per heavy atom. The quantitative estimate of drug-likeness (QED) is 0.812. The highest BCUT2D eigenvalue weighted by Crippen LogP contribution is 2.20. The molecule has 0 atom stereocenters. The van der Waals surface area contributed by atoms with Crippen molar-refractivity contribution < 1.29 is 0 Å². The lowest BCUT2D eigenvalue weighted by Crippen LogP contribution is -1.87. The molecule has 2 N–H and O–H groups in total. The van der Waals surface area contributed by atoms with Gasteiger partial charge in [-0.05, 0) is 12.1 Å². The van der Waals surface area contributed by atoms with Crippen molar-refractivity contribution in [1.29, 1.82) is 0 Å². The fraction of sp³-hybridized carbons (Fsp3) is 0.111. The summed E-state index contributed by atoms with van der Waals surface area (Å²) in [6, 6.07) is 3.78. The molecular weight excluding hydrogens is 214 g/mol. The molecule has 2 aromatic rings. The number of nitrogens with two attached hydrogens (primary N) is 1. The van der Waals surface area contributed by atoms with Crippen LogP contribution in [0, 0.1) is 0 Å². The van der Waals surface area contributed by atoms with Crippen molar-refractivity contribution in [3.63, 3.8) is 0 Å². The molecule has 0 amide bonds. The summed E-state index contributed by atoms with van der Waals surface area (Å²) in [5.41, 5.74) is 9.17. The Morgan fingerprint density at radius 2 is 2.29 bits per heavy atom. The molecule has 2 heterocycles. The first-order chi connectivity index (χ1) is 6.84. The van der Waals surface area contributed by atoms with Gasteiger partial charge in [-0.3, -0.25) is 0 Å². The summed E-state index contributed by atoms with van der Waals surface area (Å²) in [4.78, 5) is 8.39. The van der Waals surface area contributed by atoms with E-state index in [0.29, 0.717) is 5.69 Å². The van der Waals surface area contributed by atoms with Crippen LogP contribution in [0.25, 0.3) is 0 Å². The zero-order valence-electron chi connectivity index (χ0n) is 7.38. The minimum atomic E-state index is 0.697. The second kappa shape index (κ2) is 4.43. The van der Waals surface area contributed by atoms with Crippen LogP contribution in [0.5, 0.6) is 0 Å². The van der Waals surface area contributed by atoms with Crippen molar-refractivity contribution in [1.82, 2.24) is 9.97 Å². The third kappa shape index (κ3) is 2.46. The first kappa shape index (κ1) is 9.48. The number of aromatic nitrogens is 2. The van der Waals surface area contributed by atoms with Crippen molar-refractivity contribution in [2.75, 3.05) is 5.73 Å². The van der Waals surface area contributed by atoms with Crippen molar-refractivity contribution in [2.24, 2.45) is 0 Å². The highest BCUT2D eigenvalue weighted by molar-refractivity contribution is 7.98. The molecule has 2 rings (SSSR count). The molecule has 3 nitrogen and oxygen atoms in total. The Hall–Kier alpha value is -1.07. The zero-order chi connectivity index (χ0) is 9.80. The van der Waals surface area contributed by atoms with E-state index in [1.54, 1.807) is 29.3 Å². The van der Waals surface area contributed by atoms with Crippen LogP contribution in [-0.2, 0) is 5.75 Å². The Morgan fingerprint density at radius 3 is 2.93 bits per heavy atom. The first-order valence-electron chi connectivity index (χ1n) is 4.06. The predicted molar refractivity (Wildman–Crippen MR) is 60.3 cm³/mol. The molecule has 72 valence electrons. The van der Waals surface area contributed by atoms with Crippen LogP contribution in [-0.4, -0.2) is 9.97 Å². The van der Waals surface area contributed by atoms with E-state index < -0.39 is 0 Å². The van der Waals surface area contributed by atoms with Gasteiger partial charge in [0.2, 0.25) is 0 Å². The largest absolute Gasteiger partial charge is 0.397 e. The molecule has 0 saturated carbocycles. The monoisotopic (exact) mass is 223 g/mol. The van der Waals surface area contributed by atoms with Crippen molar-refractivity contribution in [2.45, 2.75) is 10.8 Å². The molecule has 14 heavy (non-hydrogen) atoms. The van der Waals surface area contributed by atoms with Crippen LogP contribution < -0.4 is 5.73 Å². The standard InChI is InChI=1S/C9H9N3S2/c10-7-1-2-9(11-3-7)14-5-8-4-13-6-12-8/h1-4,6H,5,10H2. The summed E-state index contributed by atoms with van der Waals surface area (Å²) < 4.78 is 0. The van der Waals surface area contributed by atoms with E-state index >= 15 is 0 Å². The fourth-order valence-corrected chi connectivity index (χ4v) is 2.34.